The second kappa shape index (κ2) is 4.76. The van der Waals surface area contributed by atoms with Crippen molar-refractivity contribution < 1.29 is 9.53 Å². The number of nitrogen functional groups attached to an aromatic ring is 1. The number of carbonyl (C=O) groups excluding carboxylic acids is 1. The van der Waals surface area contributed by atoms with Gasteiger partial charge in [-0.15, -0.1) is 11.3 Å². The molecule has 0 saturated carbocycles. The van der Waals surface area contributed by atoms with Crippen LogP contribution in [0.2, 0.25) is 0 Å². The van der Waals surface area contributed by atoms with Gasteiger partial charge in [-0.05, 0) is 26.2 Å². The summed E-state index contributed by atoms with van der Waals surface area (Å²) in [4.78, 5) is 12.9. The van der Waals surface area contributed by atoms with Gasteiger partial charge in [0, 0.05) is 10.4 Å². The van der Waals surface area contributed by atoms with Crippen molar-refractivity contribution in [2.75, 3.05) is 12.3 Å². The van der Waals surface area contributed by atoms with E-state index in [1.165, 1.54) is 11.3 Å². The Hall–Kier alpha value is -1.54. The molecule has 1 aliphatic rings. The van der Waals surface area contributed by atoms with Gasteiger partial charge in [0.2, 0.25) is 0 Å². The van der Waals surface area contributed by atoms with E-state index < -0.39 is 0 Å². The number of fused-ring (bicyclic) bond motifs is 1. The lowest BCUT2D eigenvalue weighted by atomic mass is 9.85. The number of thiophene rings is 1. The van der Waals surface area contributed by atoms with Crippen molar-refractivity contribution in [3.63, 3.8) is 0 Å². The Kier molecular flexibility index (Phi) is 3.34. The number of rotatable bonds is 2. The molecule has 90 valence electrons. The zero-order chi connectivity index (χ0) is 12.4. The molecule has 0 fully saturated rings. The average molecular weight is 250 g/mol. The molecule has 1 aromatic heterocycles. The normalized spacial score (nSPS) is 18.2. The predicted molar refractivity (Wildman–Crippen MR) is 65.8 cm³/mol. The fraction of sp³-hybridized carbons (Fsp3) is 0.500. The number of carbonyl (C=O) groups is 1. The zero-order valence-electron chi connectivity index (χ0n) is 9.66. The van der Waals surface area contributed by atoms with Crippen LogP contribution in [0, 0.1) is 11.3 Å². The van der Waals surface area contributed by atoms with Gasteiger partial charge in [-0.3, -0.25) is 4.79 Å². The average Bonchev–Trinajstić information content (AvgIpc) is 2.64. The number of ether oxygens (including phenoxy) is 1. The van der Waals surface area contributed by atoms with Gasteiger partial charge in [-0.2, -0.15) is 5.26 Å². The Bertz CT molecular complexity index is 487. The molecule has 17 heavy (non-hydrogen) atoms. The number of hydrogen-bond donors (Lipinski definition) is 1. The fourth-order valence-corrected chi connectivity index (χ4v) is 3.39. The van der Waals surface area contributed by atoms with Crippen molar-refractivity contribution in [3.8, 4) is 6.07 Å². The monoisotopic (exact) mass is 250 g/mol. The Morgan fingerprint density at radius 2 is 2.47 bits per heavy atom. The van der Waals surface area contributed by atoms with Crippen molar-refractivity contribution in [2.24, 2.45) is 0 Å². The molecule has 0 unspecified atom stereocenters. The van der Waals surface area contributed by atoms with Crippen molar-refractivity contribution in [3.05, 3.63) is 16.0 Å². The minimum atomic E-state index is -0.304. The van der Waals surface area contributed by atoms with E-state index in [0.29, 0.717) is 17.2 Å². The van der Waals surface area contributed by atoms with Crippen LogP contribution in [-0.4, -0.2) is 12.6 Å². The van der Waals surface area contributed by atoms with Gasteiger partial charge in [-0.1, -0.05) is 0 Å². The van der Waals surface area contributed by atoms with E-state index in [4.69, 9.17) is 15.7 Å². The van der Waals surface area contributed by atoms with Crippen LogP contribution in [0.1, 0.15) is 41.7 Å². The van der Waals surface area contributed by atoms with E-state index in [9.17, 15) is 4.79 Å². The number of aryl methyl sites for hydroxylation is 1. The van der Waals surface area contributed by atoms with Crippen LogP contribution in [0.4, 0.5) is 5.00 Å². The molecule has 0 aliphatic heterocycles. The molecule has 0 bridgehead atoms. The lowest BCUT2D eigenvalue weighted by Crippen LogP contribution is -2.20. The fourth-order valence-electron chi connectivity index (χ4n) is 2.27. The van der Waals surface area contributed by atoms with Gasteiger partial charge < -0.3 is 10.5 Å². The highest BCUT2D eigenvalue weighted by molar-refractivity contribution is 7.16. The van der Waals surface area contributed by atoms with Crippen LogP contribution in [0.15, 0.2) is 0 Å². The van der Waals surface area contributed by atoms with Crippen molar-refractivity contribution in [2.45, 2.75) is 32.1 Å². The molecule has 5 heteroatoms. The summed E-state index contributed by atoms with van der Waals surface area (Å²) in [5.74, 6) is -0.537. The van der Waals surface area contributed by atoms with Gasteiger partial charge in [0.15, 0.2) is 0 Å². The smallest absolute Gasteiger partial charge is 0.313 e. The first kappa shape index (κ1) is 11.9. The SMILES string of the molecule is CCOC(=O)[C@H]1CCCc2sc(N)c(C#N)c21. The van der Waals surface area contributed by atoms with Crippen LogP contribution in [-0.2, 0) is 16.0 Å². The van der Waals surface area contributed by atoms with Gasteiger partial charge in [0.05, 0.1) is 18.1 Å². The highest BCUT2D eigenvalue weighted by Crippen LogP contribution is 2.42. The maximum absolute atomic E-state index is 11.9. The van der Waals surface area contributed by atoms with E-state index >= 15 is 0 Å². The van der Waals surface area contributed by atoms with Gasteiger partial charge in [0.25, 0.3) is 0 Å². The quantitative estimate of drug-likeness (QED) is 0.816. The molecule has 1 heterocycles. The predicted octanol–water partition coefficient (Wildman–Crippen LogP) is 2.18. The van der Waals surface area contributed by atoms with Crippen LogP contribution in [0.3, 0.4) is 0 Å². The summed E-state index contributed by atoms with van der Waals surface area (Å²) < 4.78 is 5.06. The molecule has 0 aromatic carbocycles. The van der Waals surface area contributed by atoms with Gasteiger partial charge in [-0.25, -0.2) is 0 Å². The molecule has 0 amide bonds. The Morgan fingerprint density at radius 3 is 3.12 bits per heavy atom. The summed E-state index contributed by atoms with van der Waals surface area (Å²) in [7, 11) is 0. The van der Waals surface area contributed by atoms with Crippen molar-refractivity contribution in [1.82, 2.24) is 0 Å². The minimum Gasteiger partial charge on any atom is -0.466 e. The Balaban J connectivity index is 2.43. The van der Waals surface area contributed by atoms with Crippen LogP contribution >= 0.6 is 11.3 Å². The third-order valence-electron chi connectivity index (χ3n) is 2.98. The van der Waals surface area contributed by atoms with Crippen LogP contribution < -0.4 is 5.73 Å². The molecule has 0 radical (unpaired) electrons. The molecular formula is C12H14N2O2S. The largest absolute Gasteiger partial charge is 0.466 e. The molecule has 2 rings (SSSR count). The number of hydrogen-bond acceptors (Lipinski definition) is 5. The number of anilines is 1. The van der Waals surface area contributed by atoms with E-state index in [2.05, 4.69) is 6.07 Å². The molecule has 0 saturated heterocycles. The van der Waals surface area contributed by atoms with Gasteiger partial charge >= 0.3 is 5.97 Å². The van der Waals surface area contributed by atoms with E-state index in [1.54, 1.807) is 6.92 Å². The number of nitrogens with two attached hydrogens (primary N) is 1. The summed E-state index contributed by atoms with van der Waals surface area (Å²) in [6.07, 6.45) is 2.60. The first-order valence-electron chi connectivity index (χ1n) is 5.66. The highest BCUT2D eigenvalue weighted by Gasteiger charge is 2.33. The summed E-state index contributed by atoms with van der Waals surface area (Å²) in [6.45, 7) is 2.15. The lowest BCUT2D eigenvalue weighted by Gasteiger charge is -2.21. The maximum atomic E-state index is 11.9. The number of esters is 1. The second-order valence-corrected chi connectivity index (χ2v) is 5.12. The van der Waals surface area contributed by atoms with E-state index in [1.807, 2.05) is 0 Å². The van der Waals surface area contributed by atoms with E-state index in [-0.39, 0.29) is 11.9 Å². The van der Waals surface area contributed by atoms with E-state index in [0.717, 1.165) is 29.7 Å². The summed E-state index contributed by atoms with van der Waals surface area (Å²) in [5, 5.41) is 9.64. The molecule has 1 aromatic rings. The molecule has 4 nitrogen and oxygen atoms in total. The number of nitrogens with zero attached hydrogens (tertiary/aromatic N) is 1. The van der Waals surface area contributed by atoms with Gasteiger partial charge in [0.1, 0.15) is 11.1 Å². The molecule has 0 spiro atoms. The third-order valence-corrected chi connectivity index (χ3v) is 4.07. The zero-order valence-corrected chi connectivity index (χ0v) is 10.5. The van der Waals surface area contributed by atoms with Crippen LogP contribution in [0.5, 0.6) is 0 Å². The molecule has 2 N–H and O–H groups in total. The van der Waals surface area contributed by atoms with Crippen LogP contribution in [0.25, 0.3) is 0 Å². The second-order valence-electron chi connectivity index (χ2n) is 3.99. The molecular weight excluding hydrogens is 236 g/mol. The molecule has 1 aliphatic carbocycles. The van der Waals surface area contributed by atoms with Crippen molar-refractivity contribution in [1.29, 1.82) is 5.26 Å². The highest BCUT2D eigenvalue weighted by atomic mass is 32.1. The number of nitriles is 1. The topological polar surface area (TPSA) is 76.1 Å². The Morgan fingerprint density at radius 1 is 1.71 bits per heavy atom. The third kappa shape index (κ3) is 2.01. The minimum absolute atomic E-state index is 0.234. The summed E-state index contributed by atoms with van der Waals surface area (Å²) in [5.41, 5.74) is 7.11. The Labute approximate surface area is 104 Å². The molecule has 1 atom stereocenters. The standard InChI is InChI=1S/C12H14N2O2S/c1-2-16-12(15)7-4-3-5-9-10(7)8(6-13)11(14)17-9/h7H,2-5,14H2,1H3/t7-/m0/s1. The maximum Gasteiger partial charge on any atom is 0.313 e. The first-order valence-corrected chi connectivity index (χ1v) is 6.48. The summed E-state index contributed by atoms with van der Waals surface area (Å²) in [6, 6.07) is 2.11. The summed E-state index contributed by atoms with van der Waals surface area (Å²) >= 11 is 1.43. The lowest BCUT2D eigenvalue weighted by molar-refractivity contribution is -0.145. The first-order chi connectivity index (χ1) is 8.19. The van der Waals surface area contributed by atoms with Crippen molar-refractivity contribution >= 4 is 22.3 Å².